The van der Waals surface area contributed by atoms with Gasteiger partial charge in [0.05, 0.1) is 29.9 Å². The van der Waals surface area contributed by atoms with Gasteiger partial charge < -0.3 is 25.2 Å². The first-order valence-corrected chi connectivity index (χ1v) is 12.4. The van der Waals surface area contributed by atoms with Crippen molar-refractivity contribution < 1.29 is 27.5 Å². The number of nitrogens with zero attached hydrogens (tertiary/aromatic N) is 2. The van der Waals surface area contributed by atoms with Crippen molar-refractivity contribution >= 4 is 17.5 Å². The Morgan fingerprint density at radius 1 is 1.11 bits per heavy atom. The van der Waals surface area contributed by atoms with Crippen LogP contribution in [0.15, 0.2) is 42.5 Å². The Kier molecular flexibility index (Phi) is 9.07. The van der Waals surface area contributed by atoms with E-state index in [-0.39, 0.29) is 42.6 Å². The Morgan fingerprint density at radius 3 is 2.51 bits per heavy atom. The molecule has 2 aromatic rings. The molecule has 0 saturated heterocycles. The van der Waals surface area contributed by atoms with Crippen molar-refractivity contribution in [1.29, 1.82) is 0 Å². The molecule has 2 N–H and O–H groups in total. The molecule has 37 heavy (non-hydrogen) atoms. The van der Waals surface area contributed by atoms with E-state index in [4.69, 9.17) is 4.74 Å². The van der Waals surface area contributed by atoms with Crippen LogP contribution in [-0.4, -0.2) is 66.5 Å². The van der Waals surface area contributed by atoms with Crippen LogP contribution in [0, 0.1) is 0 Å². The molecule has 1 aliphatic heterocycles. The highest BCUT2D eigenvalue weighted by Crippen LogP contribution is 2.33. The van der Waals surface area contributed by atoms with Gasteiger partial charge in [0.1, 0.15) is 6.61 Å². The smallest absolute Gasteiger partial charge is 0.416 e. The minimum atomic E-state index is -4.52. The minimum Gasteiger partial charge on any atom is -0.489 e. The van der Waals surface area contributed by atoms with Crippen LogP contribution >= 0.6 is 0 Å². The molecule has 1 heterocycles. The molecule has 0 radical (unpaired) electrons. The summed E-state index contributed by atoms with van der Waals surface area (Å²) in [6, 6.07) is 10.4. The highest BCUT2D eigenvalue weighted by Gasteiger charge is 2.33. The van der Waals surface area contributed by atoms with Crippen LogP contribution in [0.2, 0.25) is 0 Å². The van der Waals surface area contributed by atoms with Gasteiger partial charge in [0, 0.05) is 31.7 Å². The summed E-state index contributed by atoms with van der Waals surface area (Å²) >= 11 is 0. The van der Waals surface area contributed by atoms with E-state index in [0.717, 1.165) is 6.07 Å². The van der Waals surface area contributed by atoms with Gasteiger partial charge in [-0.2, -0.15) is 13.2 Å². The third-order valence-electron chi connectivity index (χ3n) is 6.03. The molecule has 0 bridgehead atoms. The predicted octanol–water partition coefficient (Wildman–Crippen LogP) is 4.39. The number of carbonyl (C=O) groups excluding carboxylic acids is 2. The Labute approximate surface area is 216 Å². The SMILES string of the molecule is CCN1CCOc2c(NCC(=O)N(CCNC(C)(C)C)Cc3ccccc3C(F)(F)F)cccc2C1=O. The van der Waals surface area contributed by atoms with E-state index in [1.54, 1.807) is 23.1 Å². The van der Waals surface area contributed by atoms with Crippen molar-refractivity contribution in [3.8, 4) is 5.75 Å². The number of nitrogens with one attached hydrogen (secondary N) is 2. The molecular weight excluding hydrogens is 485 g/mol. The molecule has 2 amide bonds. The molecule has 0 aliphatic carbocycles. The Morgan fingerprint density at radius 2 is 1.84 bits per heavy atom. The summed E-state index contributed by atoms with van der Waals surface area (Å²) in [5.41, 5.74) is -0.0522. The van der Waals surface area contributed by atoms with Gasteiger partial charge in [-0.05, 0) is 51.5 Å². The lowest BCUT2D eigenvalue weighted by Crippen LogP contribution is -2.44. The number of halogens is 3. The normalized spacial score (nSPS) is 14.0. The van der Waals surface area contributed by atoms with Crippen molar-refractivity contribution in [2.45, 2.75) is 46.0 Å². The maximum absolute atomic E-state index is 13.6. The maximum atomic E-state index is 13.6. The first-order chi connectivity index (χ1) is 17.4. The molecule has 0 aromatic heterocycles. The number of alkyl halides is 3. The number of anilines is 1. The highest BCUT2D eigenvalue weighted by molar-refractivity contribution is 5.99. The zero-order valence-corrected chi connectivity index (χ0v) is 21.7. The molecule has 0 fully saturated rings. The number of amides is 2. The summed E-state index contributed by atoms with van der Waals surface area (Å²) in [4.78, 5) is 29.2. The van der Waals surface area contributed by atoms with Crippen molar-refractivity contribution in [1.82, 2.24) is 15.1 Å². The van der Waals surface area contributed by atoms with Crippen molar-refractivity contribution in [2.24, 2.45) is 0 Å². The summed E-state index contributed by atoms with van der Waals surface area (Å²) < 4.78 is 46.6. The van der Waals surface area contributed by atoms with Gasteiger partial charge in [-0.15, -0.1) is 0 Å². The van der Waals surface area contributed by atoms with Gasteiger partial charge in [-0.1, -0.05) is 24.3 Å². The van der Waals surface area contributed by atoms with Crippen LogP contribution in [0.3, 0.4) is 0 Å². The first-order valence-electron chi connectivity index (χ1n) is 12.4. The van der Waals surface area contributed by atoms with Crippen LogP contribution in [0.1, 0.15) is 49.2 Å². The van der Waals surface area contributed by atoms with E-state index in [9.17, 15) is 22.8 Å². The van der Waals surface area contributed by atoms with Crippen LogP contribution in [-0.2, 0) is 17.5 Å². The summed E-state index contributed by atoms with van der Waals surface area (Å²) in [5, 5.41) is 6.32. The molecule has 7 nitrogen and oxygen atoms in total. The lowest BCUT2D eigenvalue weighted by Gasteiger charge is -2.28. The number of rotatable bonds is 9. The van der Waals surface area contributed by atoms with Crippen LogP contribution in [0.25, 0.3) is 0 Å². The fraction of sp³-hybridized carbons (Fsp3) is 0.481. The number of benzene rings is 2. The summed E-state index contributed by atoms with van der Waals surface area (Å²) in [6.45, 7) is 9.41. The van der Waals surface area contributed by atoms with E-state index in [2.05, 4.69) is 10.6 Å². The van der Waals surface area contributed by atoms with Gasteiger partial charge in [0.2, 0.25) is 5.91 Å². The van der Waals surface area contributed by atoms with E-state index < -0.39 is 11.7 Å². The van der Waals surface area contributed by atoms with E-state index in [1.807, 2.05) is 27.7 Å². The van der Waals surface area contributed by atoms with Crippen molar-refractivity contribution in [3.05, 3.63) is 59.2 Å². The Balaban J connectivity index is 1.79. The number of likely N-dealkylation sites (N-methyl/N-ethyl adjacent to an activating group) is 1. The third kappa shape index (κ3) is 7.61. The number of carbonyl (C=O) groups is 2. The van der Waals surface area contributed by atoms with Gasteiger partial charge in [-0.3, -0.25) is 9.59 Å². The van der Waals surface area contributed by atoms with Gasteiger partial charge in [0.15, 0.2) is 5.75 Å². The fourth-order valence-electron chi connectivity index (χ4n) is 4.11. The maximum Gasteiger partial charge on any atom is 0.416 e. The van der Waals surface area contributed by atoms with Crippen molar-refractivity contribution in [3.63, 3.8) is 0 Å². The summed E-state index contributed by atoms with van der Waals surface area (Å²) in [6.07, 6.45) is -4.52. The molecule has 2 aromatic carbocycles. The lowest BCUT2D eigenvalue weighted by molar-refractivity contribution is -0.139. The average molecular weight is 521 g/mol. The second-order valence-corrected chi connectivity index (χ2v) is 9.92. The number of fused-ring (bicyclic) bond motifs is 1. The molecule has 0 atom stereocenters. The third-order valence-corrected chi connectivity index (χ3v) is 6.03. The van der Waals surface area contributed by atoms with Gasteiger partial charge >= 0.3 is 6.18 Å². The molecule has 3 rings (SSSR count). The molecule has 0 saturated carbocycles. The molecule has 202 valence electrons. The Bertz CT molecular complexity index is 1100. The number of hydrogen-bond acceptors (Lipinski definition) is 5. The first kappa shape index (κ1) is 28.3. The monoisotopic (exact) mass is 520 g/mol. The van der Waals surface area contributed by atoms with Crippen LogP contribution in [0.4, 0.5) is 18.9 Å². The largest absolute Gasteiger partial charge is 0.489 e. The highest BCUT2D eigenvalue weighted by atomic mass is 19.4. The predicted molar refractivity (Wildman–Crippen MR) is 137 cm³/mol. The second-order valence-electron chi connectivity index (χ2n) is 9.92. The fourth-order valence-corrected chi connectivity index (χ4v) is 4.11. The zero-order chi connectivity index (χ0) is 27.2. The number of para-hydroxylation sites is 1. The lowest BCUT2D eigenvalue weighted by atomic mass is 10.1. The number of hydrogen-bond donors (Lipinski definition) is 2. The van der Waals surface area contributed by atoms with Gasteiger partial charge in [0.25, 0.3) is 5.91 Å². The Hall–Kier alpha value is -3.27. The van der Waals surface area contributed by atoms with Crippen LogP contribution in [0.5, 0.6) is 5.75 Å². The summed E-state index contributed by atoms with van der Waals surface area (Å²) in [5.74, 6) is -0.149. The van der Waals surface area contributed by atoms with E-state index in [0.29, 0.717) is 43.2 Å². The second kappa shape index (κ2) is 11.9. The number of ether oxygens (including phenoxy) is 1. The standard InChI is InChI=1S/C27H35F3N4O3/c1-5-33-15-16-37-24-20(25(33)36)10-8-12-22(24)31-17-23(35)34(14-13-32-26(2,3)4)18-19-9-6-7-11-21(19)27(28,29)30/h6-12,31-32H,5,13-18H2,1-4H3. The van der Waals surface area contributed by atoms with Crippen molar-refractivity contribution in [2.75, 3.05) is 44.6 Å². The molecular formula is C27H35F3N4O3. The van der Waals surface area contributed by atoms with Crippen LogP contribution < -0.4 is 15.4 Å². The zero-order valence-electron chi connectivity index (χ0n) is 21.7. The van der Waals surface area contributed by atoms with E-state index >= 15 is 0 Å². The molecule has 0 unspecified atom stereocenters. The average Bonchev–Trinajstić information content (AvgIpc) is 2.99. The topological polar surface area (TPSA) is 73.9 Å². The molecule has 0 spiro atoms. The van der Waals surface area contributed by atoms with Gasteiger partial charge in [-0.25, -0.2) is 0 Å². The molecule has 10 heteroatoms. The quantitative estimate of drug-likeness (QED) is 0.513. The molecule has 1 aliphatic rings. The summed E-state index contributed by atoms with van der Waals surface area (Å²) in [7, 11) is 0. The minimum absolute atomic E-state index is 0.0290. The van der Waals surface area contributed by atoms with E-state index in [1.165, 1.54) is 23.1 Å².